The number of aryl methyl sites for hydroxylation is 1. The molecule has 0 saturated carbocycles. The third kappa shape index (κ3) is 3.70. The highest BCUT2D eigenvalue weighted by Gasteiger charge is 2.20. The lowest BCUT2D eigenvalue weighted by Gasteiger charge is -2.13. The van der Waals surface area contributed by atoms with Crippen molar-refractivity contribution in [2.75, 3.05) is 10.0 Å². The number of hydrogen-bond donors (Lipinski definition) is 2. The Morgan fingerprint density at radius 1 is 0.967 bits per heavy atom. The molecule has 30 heavy (non-hydrogen) atoms. The van der Waals surface area contributed by atoms with E-state index < -0.39 is 21.7 Å². The topological polar surface area (TPSA) is 110 Å². The van der Waals surface area contributed by atoms with Gasteiger partial charge < -0.3 is 9.73 Å². The molecule has 9 heteroatoms. The van der Waals surface area contributed by atoms with E-state index >= 15 is 0 Å². The van der Waals surface area contributed by atoms with Gasteiger partial charge in [-0.3, -0.25) is 14.1 Å². The second-order valence-electron chi connectivity index (χ2n) is 6.53. The van der Waals surface area contributed by atoms with E-state index in [1.807, 2.05) is 6.07 Å². The molecule has 2 N–H and O–H groups in total. The number of carbonyl (C=O) groups is 1. The van der Waals surface area contributed by atoms with Crippen molar-refractivity contribution in [2.45, 2.75) is 4.90 Å². The lowest BCUT2D eigenvalue weighted by molar-refractivity contribution is 0.102. The summed E-state index contributed by atoms with van der Waals surface area (Å²) in [5.41, 5.74) is 1.50. The number of nitrogens with zero attached hydrogens (tertiary/aromatic N) is 1. The normalized spacial score (nSPS) is 11.4. The van der Waals surface area contributed by atoms with Crippen LogP contribution in [0, 0.1) is 0 Å². The van der Waals surface area contributed by atoms with Gasteiger partial charge in [-0.15, -0.1) is 0 Å². The highest BCUT2D eigenvalue weighted by Crippen LogP contribution is 2.23. The SMILES string of the molecule is Cn1c(=O)oc2cc(S(=O)(=O)Nc3ccccc3C(=O)Nc3ccccc3)ccc21. The van der Waals surface area contributed by atoms with E-state index in [0.717, 1.165) is 0 Å². The first kappa shape index (κ1) is 19.5. The third-order valence-electron chi connectivity index (χ3n) is 4.52. The van der Waals surface area contributed by atoms with Crippen molar-refractivity contribution in [1.29, 1.82) is 0 Å². The molecule has 152 valence electrons. The summed E-state index contributed by atoms with van der Waals surface area (Å²) in [4.78, 5) is 24.2. The minimum absolute atomic E-state index is 0.0948. The first-order chi connectivity index (χ1) is 14.3. The smallest absolute Gasteiger partial charge is 0.408 e. The van der Waals surface area contributed by atoms with Crippen molar-refractivity contribution in [3.8, 4) is 0 Å². The Balaban J connectivity index is 1.65. The summed E-state index contributed by atoms with van der Waals surface area (Å²) in [6, 6.07) is 19.3. The van der Waals surface area contributed by atoms with E-state index in [9.17, 15) is 18.0 Å². The van der Waals surface area contributed by atoms with Crippen LogP contribution in [-0.4, -0.2) is 18.9 Å². The van der Waals surface area contributed by atoms with Crippen molar-refractivity contribution in [3.05, 3.63) is 88.9 Å². The average Bonchev–Trinajstić information content (AvgIpc) is 3.02. The first-order valence-electron chi connectivity index (χ1n) is 8.93. The van der Waals surface area contributed by atoms with Crippen molar-refractivity contribution >= 4 is 38.4 Å². The number of aromatic nitrogens is 1. The lowest BCUT2D eigenvalue weighted by Crippen LogP contribution is -2.18. The summed E-state index contributed by atoms with van der Waals surface area (Å²) in [5.74, 6) is -1.04. The Labute approximate surface area is 171 Å². The summed E-state index contributed by atoms with van der Waals surface area (Å²) >= 11 is 0. The van der Waals surface area contributed by atoms with Crippen molar-refractivity contribution in [3.63, 3.8) is 0 Å². The number of oxazole rings is 1. The highest BCUT2D eigenvalue weighted by molar-refractivity contribution is 7.92. The maximum absolute atomic E-state index is 12.9. The van der Waals surface area contributed by atoms with Crippen molar-refractivity contribution < 1.29 is 17.6 Å². The van der Waals surface area contributed by atoms with Crippen LogP contribution in [-0.2, 0) is 17.1 Å². The molecule has 0 atom stereocenters. The molecule has 0 bridgehead atoms. The number of nitrogens with one attached hydrogen (secondary N) is 2. The Kier molecular flexibility index (Phi) is 4.88. The summed E-state index contributed by atoms with van der Waals surface area (Å²) in [6.07, 6.45) is 0. The fourth-order valence-electron chi connectivity index (χ4n) is 2.98. The maximum atomic E-state index is 12.9. The van der Waals surface area contributed by atoms with Crippen molar-refractivity contribution in [1.82, 2.24) is 4.57 Å². The molecule has 1 aromatic heterocycles. The molecule has 0 unspecified atom stereocenters. The van der Waals surface area contributed by atoms with Crippen LogP contribution < -0.4 is 15.8 Å². The van der Waals surface area contributed by atoms with Gasteiger partial charge >= 0.3 is 5.76 Å². The quantitative estimate of drug-likeness (QED) is 0.512. The van der Waals surface area contributed by atoms with Gasteiger partial charge in [0.05, 0.1) is 21.7 Å². The number of fused-ring (bicyclic) bond motifs is 1. The summed E-state index contributed by atoms with van der Waals surface area (Å²) < 4.78 is 34.6. The molecular weight excluding hydrogens is 406 g/mol. The molecule has 1 amide bonds. The van der Waals surface area contributed by atoms with Gasteiger partial charge in [-0.2, -0.15) is 0 Å². The number of carbonyl (C=O) groups excluding carboxylic acids is 1. The molecule has 4 rings (SSSR count). The summed E-state index contributed by atoms with van der Waals surface area (Å²) in [6.45, 7) is 0. The van der Waals surface area contributed by atoms with Gasteiger partial charge in [-0.1, -0.05) is 30.3 Å². The average molecular weight is 423 g/mol. The van der Waals surface area contributed by atoms with Crippen LogP contribution in [0.3, 0.4) is 0 Å². The zero-order valence-corrected chi connectivity index (χ0v) is 16.6. The molecule has 4 aromatic rings. The molecular formula is C21H17N3O5S. The lowest BCUT2D eigenvalue weighted by atomic mass is 10.1. The van der Waals surface area contributed by atoms with E-state index in [-0.39, 0.29) is 21.7 Å². The van der Waals surface area contributed by atoms with E-state index in [1.165, 1.54) is 41.9 Å². The minimum Gasteiger partial charge on any atom is -0.408 e. The van der Waals surface area contributed by atoms with Crippen LogP contribution in [0.2, 0.25) is 0 Å². The zero-order valence-electron chi connectivity index (χ0n) is 15.8. The van der Waals surface area contributed by atoms with Gasteiger partial charge in [0.2, 0.25) is 0 Å². The van der Waals surface area contributed by atoms with Crippen molar-refractivity contribution in [2.24, 2.45) is 7.05 Å². The Hall–Kier alpha value is -3.85. The third-order valence-corrected chi connectivity index (χ3v) is 5.88. The number of rotatable bonds is 5. The second-order valence-corrected chi connectivity index (χ2v) is 8.21. The molecule has 0 radical (unpaired) electrons. The van der Waals surface area contributed by atoms with Crippen LogP contribution >= 0.6 is 0 Å². The zero-order chi connectivity index (χ0) is 21.3. The molecule has 0 aliphatic heterocycles. The first-order valence-corrected chi connectivity index (χ1v) is 10.4. The number of benzene rings is 3. The van der Waals surface area contributed by atoms with Gasteiger partial charge in [0, 0.05) is 18.8 Å². The molecule has 0 fully saturated rings. The summed E-state index contributed by atoms with van der Waals surface area (Å²) in [7, 11) is -2.51. The number of para-hydroxylation sites is 2. The van der Waals surface area contributed by atoms with Crippen LogP contribution in [0.15, 0.2) is 86.9 Å². The van der Waals surface area contributed by atoms with Crippen LogP contribution in [0.4, 0.5) is 11.4 Å². The molecule has 0 spiro atoms. The molecule has 0 saturated heterocycles. The second kappa shape index (κ2) is 7.53. The van der Waals surface area contributed by atoms with Crippen LogP contribution in [0.5, 0.6) is 0 Å². The Morgan fingerprint density at radius 2 is 1.67 bits per heavy atom. The van der Waals surface area contributed by atoms with Crippen LogP contribution in [0.1, 0.15) is 10.4 Å². The fraction of sp³-hybridized carbons (Fsp3) is 0.0476. The maximum Gasteiger partial charge on any atom is 0.419 e. The van der Waals surface area contributed by atoms with E-state index in [1.54, 1.807) is 36.4 Å². The molecule has 1 heterocycles. The Morgan fingerprint density at radius 3 is 2.43 bits per heavy atom. The fourth-order valence-corrected chi connectivity index (χ4v) is 4.07. The Bertz CT molecular complexity index is 1410. The van der Waals surface area contributed by atoms with Crippen LogP contribution in [0.25, 0.3) is 11.1 Å². The van der Waals surface area contributed by atoms with Gasteiger partial charge in [0.25, 0.3) is 15.9 Å². The molecule has 3 aromatic carbocycles. The van der Waals surface area contributed by atoms with E-state index in [2.05, 4.69) is 10.0 Å². The highest BCUT2D eigenvalue weighted by atomic mass is 32.2. The molecule has 8 nitrogen and oxygen atoms in total. The predicted octanol–water partition coefficient (Wildman–Crippen LogP) is 3.18. The van der Waals surface area contributed by atoms with E-state index in [4.69, 9.17) is 4.42 Å². The largest absolute Gasteiger partial charge is 0.419 e. The predicted molar refractivity (Wildman–Crippen MR) is 113 cm³/mol. The van der Waals surface area contributed by atoms with Gasteiger partial charge in [0.15, 0.2) is 5.58 Å². The molecule has 0 aliphatic rings. The number of hydrogen-bond acceptors (Lipinski definition) is 5. The molecule has 0 aliphatic carbocycles. The number of anilines is 2. The summed E-state index contributed by atoms with van der Waals surface area (Å²) in [5, 5.41) is 2.73. The van der Waals surface area contributed by atoms with Gasteiger partial charge in [0.1, 0.15) is 0 Å². The standard InChI is InChI=1S/C21H17N3O5S/c1-24-18-12-11-15(13-19(18)29-21(24)26)30(27,28)23-17-10-6-5-9-16(17)20(25)22-14-7-3-2-4-8-14/h2-13,23H,1H3,(H,22,25). The monoisotopic (exact) mass is 423 g/mol. The van der Waals surface area contributed by atoms with Gasteiger partial charge in [-0.25, -0.2) is 13.2 Å². The minimum atomic E-state index is -4.04. The van der Waals surface area contributed by atoms with E-state index in [0.29, 0.717) is 11.2 Å². The van der Waals surface area contributed by atoms with Gasteiger partial charge in [-0.05, 0) is 36.4 Å². The number of amides is 1. The number of sulfonamides is 1.